The van der Waals surface area contributed by atoms with Gasteiger partial charge in [0.2, 0.25) is 0 Å². The summed E-state index contributed by atoms with van der Waals surface area (Å²) in [6.45, 7) is 2.71. The largest absolute Gasteiger partial charge is 0.354 e. The average molecular weight is 261 g/mol. The fourth-order valence-corrected chi connectivity index (χ4v) is 1.89. The molecule has 0 spiro atoms. The van der Waals surface area contributed by atoms with Gasteiger partial charge in [-0.25, -0.2) is 0 Å². The topological polar surface area (TPSA) is 22.1 Å². The molecule has 2 heterocycles. The monoisotopic (exact) mass is 261 g/mol. The number of hydrogen-bond donors (Lipinski definition) is 0. The summed E-state index contributed by atoms with van der Waals surface area (Å²) in [6.07, 6.45) is 1.81. The maximum atomic E-state index is 5.53. The molecule has 2 rings (SSSR count). The first-order chi connectivity index (χ1) is 5.20. The smallest absolute Gasteiger partial charge is 0.143 e. The molecule has 0 amide bonds. The molecule has 11 heavy (non-hydrogen) atoms. The van der Waals surface area contributed by atoms with Crippen molar-refractivity contribution < 1.29 is 4.74 Å². The van der Waals surface area contributed by atoms with Crippen molar-refractivity contribution in [2.75, 3.05) is 0 Å². The fourth-order valence-electron chi connectivity index (χ4n) is 1.24. The van der Waals surface area contributed by atoms with Crippen LogP contribution in [0.25, 0.3) is 0 Å². The molecule has 0 N–H and O–H groups in total. The Bertz CT molecular complexity index is 285. The lowest BCUT2D eigenvalue weighted by Gasteiger charge is -2.14. The normalized spacial score (nSPS) is 28.5. The van der Waals surface area contributed by atoms with E-state index < -0.39 is 0 Å². The van der Waals surface area contributed by atoms with Crippen molar-refractivity contribution in [1.82, 2.24) is 4.98 Å². The molecule has 0 saturated heterocycles. The lowest BCUT2D eigenvalue weighted by molar-refractivity contribution is 0.0638. The molecular formula is C8H8INO. The van der Waals surface area contributed by atoms with Gasteiger partial charge in [-0.1, -0.05) is 6.07 Å². The van der Waals surface area contributed by atoms with Crippen molar-refractivity contribution in [3.05, 3.63) is 29.6 Å². The molecule has 1 aliphatic heterocycles. The molecule has 0 aromatic carbocycles. The van der Waals surface area contributed by atoms with Crippen molar-refractivity contribution in [3.63, 3.8) is 0 Å². The molecule has 0 saturated carbocycles. The molecule has 1 aromatic heterocycles. The number of nitrogens with zero attached hydrogens (tertiary/aromatic N) is 1. The quantitative estimate of drug-likeness (QED) is 0.527. The van der Waals surface area contributed by atoms with Crippen LogP contribution < -0.4 is 0 Å². The number of aromatic nitrogens is 1. The van der Waals surface area contributed by atoms with E-state index in [1.54, 1.807) is 6.20 Å². The summed E-state index contributed by atoms with van der Waals surface area (Å²) in [5.41, 5.74) is 2.28. The Kier molecular flexibility index (Phi) is 1.64. The minimum Gasteiger partial charge on any atom is -0.354 e. The number of alkyl halides is 1. The summed E-state index contributed by atoms with van der Waals surface area (Å²) in [6, 6.07) is 4.02. The second-order valence-electron chi connectivity index (χ2n) is 2.70. The highest BCUT2D eigenvalue weighted by molar-refractivity contribution is 14.1. The summed E-state index contributed by atoms with van der Waals surface area (Å²) < 4.78 is 5.37. The van der Waals surface area contributed by atoms with Gasteiger partial charge in [0.05, 0.1) is 12.3 Å². The molecular weight excluding hydrogens is 253 g/mol. The molecule has 0 radical (unpaired) electrons. The van der Waals surface area contributed by atoms with Gasteiger partial charge in [0, 0.05) is 11.8 Å². The van der Waals surface area contributed by atoms with Crippen LogP contribution in [0.4, 0.5) is 0 Å². The zero-order valence-electron chi connectivity index (χ0n) is 6.17. The number of hydrogen-bond acceptors (Lipinski definition) is 2. The van der Waals surface area contributed by atoms with Crippen LogP contribution in [0.3, 0.4) is 0 Å². The zero-order chi connectivity index (χ0) is 7.90. The van der Waals surface area contributed by atoms with Gasteiger partial charge in [0.15, 0.2) is 0 Å². The van der Waals surface area contributed by atoms with Gasteiger partial charge < -0.3 is 4.74 Å². The van der Waals surface area contributed by atoms with Crippen LogP contribution in [0, 0.1) is 0 Å². The number of pyridine rings is 1. The third kappa shape index (κ3) is 1.16. The number of fused-ring (bicyclic) bond motifs is 1. The Morgan fingerprint density at radius 3 is 3.27 bits per heavy atom. The van der Waals surface area contributed by atoms with Crippen LogP contribution in [0.5, 0.6) is 0 Å². The second kappa shape index (κ2) is 2.42. The van der Waals surface area contributed by atoms with Gasteiger partial charge >= 0.3 is 0 Å². The van der Waals surface area contributed by atoms with Crippen molar-refractivity contribution in [2.45, 2.75) is 17.1 Å². The van der Waals surface area contributed by atoms with Crippen LogP contribution in [-0.4, -0.2) is 4.98 Å². The van der Waals surface area contributed by atoms with Crippen LogP contribution in [0.2, 0.25) is 0 Å². The lowest BCUT2D eigenvalue weighted by atomic mass is 10.1. The number of halogens is 1. The number of rotatable bonds is 0. The van der Waals surface area contributed by atoms with E-state index in [4.69, 9.17) is 4.74 Å². The highest BCUT2D eigenvalue weighted by Crippen LogP contribution is 2.40. The summed E-state index contributed by atoms with van der Waals surface area (Å²) in [7, 11) is 0. The maximum absolute atomic E-state index is 5.53. The molecule has 3 heteroatoms. The second-order valence-corrected chi connectivity index (χ2v) is 4.76. The lowest BCUT2D eigenvalue weighted by Crippen LogP contribution is -2.09. The molecule has 1 atom stereocenters. The van der Waals surface area contributed by atoms with Gasteiger partial charge in [-0.15, -0.1) is 0 Å². The Balaban J connectivity index is 2.56. The Hall–Kier alpha value is -0.160. The number of ether oxygens (including phenoxy) is 1. The van der Waals surface area contributed by atoms with E-state index in [2.05, 4.69) is 40.6 Å². The highest BCUT2D eigenvalue weighted by Gasteiger charge is 2.32. The van der Waals surface area contributed by atoms with Crippen LogP contribution >= 0.6 is 22.6 Å². The van der Waals surface area contributed by atoms with E-state index in [1.807, 2.05) is 6.07 Å². The summed E-state index contributed by atoms with van der Waals surface area (Å²) in [5, 5.41) is 0. The van der Waals surface area contributed by atoms with Gasteiger partial charge in [0.25, 0.3) is 0 Å². The molecule has 1 unspecified atom stereocenters. The average Bonchev–Trinajstić information content (AvgIpc) is 2.29. The third-order valence-corrected chi connectivity index (χ3v) is 2.74. The van der Waals surface area contributed by atoms with E-state index in [1.165, 1.54) is 5.56 Å². The Labute approximate surface area is 79.1 Å². The van der Waals surface area contributed by atoms with Gasteiger partial charge in [-0.3, -0.25) is 4.98 Å². The van der Waals surface area contributed by atoms with Crippen LogP contribution in [0.1, 0.15) is 18.2 Å². The van der Waals surface area contributed by atoms with Crippen LogP contribution in [0.15, 0.2) is 18.3 Å². The zero-order valence-corrected chi connectivity index (χ0v) is 8.33. The predicted molar refractivity (Wildman–Crippen MR) is 50.4 cm³/mol. The summed E-state index contributed by atoms with van der Waals surface area (Å²) >= 11 is 2.30. The Morgan fingerprint density at radius 2 is 2.55 bits per heavy atom. The summed E-state index contributed by atoms with van der Waals surface area (Å²) in [5.74, 6) is 0. The molecule has 2 nitrogen and oxygen atoms in total. The van der Waals surface area contributed by atoms with Crippen molar-refractivity contribution in [1.29, 1.82) is 0 Å². The SMILES string of the molecule is CC1(I)OCc2ncccc21. The van der Waals surface area contributed by atoms with E-state index in [9.17, 15) is 0 Å². The molecule has 0 bridgehead atoms. The molecule has 58 valence electrons. The van der Waals surface area contributed by atoms with E-state index in [-0.39, 0.29) is 3.61 Å². The third-order valence-electron chi connectivity index (χ3n) is 1.85. The minimum absolute atomic E-state index is 0.165. The van der Waals surface area contributed by atoms with Gasteiger partial charge in [0.1, 0.15) is 3.61 Å². The fraction of sp³-hybridized carbons (Fsp3) is 0.375. The first kappa shape index (κ1) is 7.49. The van der Waals surface area contributed by atoms with Crippen molar-refractivity contribution in [2.24, 2.45) is 0 Å². The maximum Gasteiger partial charge on any atom is 0.143 e. The van der Waals surface area contributed by atoms with Gasteiger partial charge in [-0.2, -0.15) is 0 Å². The van der Waals surface area contributed by atoms with E-state index in [0.717, 1.165) is 5.69 Å². The van der Waals surface area contributed by atoms with E-state index >= 15 is 0 Å². The Morgan fingerprint density at radius 1 is 1.73 bits per heavy atom. The molecule has 0 aliphatic carbocycles. The standard InChI is InChI=1S/C8H8INO/c1-8(9)6-3-2-4-10-7(6)5-11-8/h2-4H,5H2,1H3. The van der Waals surface area contributed by atoms with E-state index in [0.29, 0.717) is 6.61 Å². The van der Waals surface area contributed by atoms with Crippen molar-refractivity contribution in [3.8, 4) is 0 Å². The molecule has 1 aliphatic rings. The predicted octanol–water partition coefficient (Wildman–Crippen LogP) is 2.22. The first-order valence-corrected chi connectivity index (χ1v) is 4.55. The highest BCUT2D eigenvalue weighted by atomic mass is 127. The minimum atomic E-state index is -0.165. The van der Waals surface area contributed by atoms with Crippen LogP contribution in [-0.2, 0) is 15.0 Å². The first-order valence-electron chi connectivity index (χ1n) is 3.47. The molecule has 0 fully saturated rings. The summed E-state index contributed by atoms with van der Waals surface area (Å²) in [4.78, 5) is 4.23. The molecule has 1 aromatic rings. The van der Waals surface area contributed by atoms with Gasteiger partial charge in [-0.05, 0) is 35.6 Å². The van der Waals surface area contributed by atoms with Crippen molar-refractivity contribution >= 4 is 22.6 Å².